The average Bonchev–Trinajstić information content (AvgIpc) is 3.00. The van der Waals surface area contributed by atoms with E-state index in [2.05, 4.69) is 41.9 Å². The van der Waals surface area contributed by atoms with E-state index in [1.54, 1.807) is 4.57 Å². The molecule has 0 bridgehead atoms. The predicted molar refractivity (Wildman–Crippen MR) is 115 cm³/mol. The van der Waals surface area contributed by atoms with Gasteiger partial charge in [-0.3, -0.25) is 19.4 Å². The molecule has 1 saturated heterocycles. The molecule has 6 nitrogen and oxygen atoms in total. The fourth-order valence-corrected chi connectivity index (χ4v) is 3.62. The maximum atomic E-state index is 12.9. The number of aromatic nitrogens is 3. The van der Waals surface area contributed by atoms with Crippen molar-refractivity contribution in [1.29, 1.82) is 0 Å². The first kappa shape index (κ1) is 20.7. The lowest BCUT2D eigenvalue weighted by atomic mass is 9.92. The van der Waals surface area contributed by atoms with Gasteiger partial charge < -0.3 is 4.90 Å². The number of hydrogen-bond donors (Lipinski definition) is 1. The Morgan fingerprint density at radius 2 is 1.93 bits per heavy atom. The van der Waals surface area contributed by atoms with Crippen molar-refractivity contribution < 1.29 is 4.79 Å². The summed E-state index contributed by atoms with van der Waals surface area (Å²) in [5.41, 5.74) is 2.46. The van der Waals surface area contributed by atoms with Crippen molar-refractivity contribution in [2.24, 2.45) is 5.41 Å². The summed E-state index contributed by atoms with van der Waals surface area (Å²) in [7, 11) is 0. The zero-order valence-corrected chi connectivity index (χ0v) is 18.2. The summed E-state index contributed by atoms with van der Waals surface area (Å²) in [4.78, 5) is 17.3. The molecule has 2 aromatic rings. The molecule has 1 fully saturated rings. The van der Waals surface area contributed by atoms with E-state index in [9.17, 15) is 4.79 Å². The van der Waals surface area contributed by atoms with Crippen molar-refractivity contribution in [2.75, 3.05) is 32.7 Å². The highest BCUT2D eigenvalue weighted by atomic mass is 32.1. The van der Waals surface area contributed by atoms with Gasteiger partial charge in [0.1, 0.15) is 6.54 Å². The number of carbonyl (C=O) groups excluding carboxylic acids is 1. The largest absolute Gasteiger partial charge is 0.339 e. The number of nitrogens with one attached hydrogen (secondary N) is 1. The number of piperazine rings is 1. The van der Waals surface area contributed by atoms with Crippen LogP contribution in [0.5, 0.6) is 0 Å². The molecule has 3 rings (SSSR count). The van der Waals surface area contributed by atoms with Gasteiger partial charge in [-0.15, -0.1) is 0 Å². The SMILES string of the molecule is Cc1cccc(-c2n[nH]c(=S)n2CC(=O)N2CCN(CCC(C)(C)C)CC2)c1. The van der Waals surface area contributed by atoms with E-state index in [0.29, 0.717) is 16.0 Å². The van der Waals surface area contributed by atoms with Gasteiger partial charge in [0.05, 0.1) is 0 Å². The number of aryl methyl sites for hydroxylation is 1. The normalized spacial score (nSPS) is 15.8. The molecule has 1 amide bonds. The molecule has 1 N–H and O–H groups in total. The van der Waals surface area contributed by atoms with Gasteiger partial charge in [-0.05, 0) is 43.6 Å². The molecule has 2 heterocycles. The van der Waals surface area contributed by atoms with Gasteiger partial charge in [0, 0.05) is 31.7 Å². The van der Waals surface area contributed by atoms with Crippen LogP contribution in [0, 0.1) is 17.1 Å². The second kappa shape index (κ2) is 8.57. The molecule has 0 atom stereocenters. The first-order valence-corrected chi connectivity index (χ1v) is 10.4. The van der Waals surface area contributed by atoms with Crippen LogP contribution >= 0.6 is 12.2 Å². The monoisotopic (exact) mass is 401 g/mol. The molecule has 0 spiro atoms. The molecule has 0 saturated carbocycles. The molecule has 0 aliphatic carbocycles. The second-order valence-corrected chi connectivity index (χ2v) is 9.23. The van der Waals surface area contributed by atoms with Crippen LogP contribution < -0.4 is 0 Å². The van der Waals surface area contributed by atoms with Gasteiger partial charge in [-0.2, -0.15) is 5.10 Å². The van der Waals surface area contributed by atoms with Crippen LogP contribution in [0.4, 0.5) is 0 Å². The van der Waals surface area contributed by atoms with E-state index in [4.69, 9.17) is 12.2 Å². The maximum Gasteiger partial charge on any atom is 0.242 e. The van der Waals surface area contributed by atoms with Gasteiger partial charge in [0.15, 0.2) is 10.6 Å². The van der Waals surface area contributed by atoms with Gasteiger partial charge in [0.2, 0.25) is 5.91 Å². The predicted octanol–water partition coefficient (Wildman–Crippen LogP) is 3.50. The summed E-state index contributed by atoms with van der Waals surface area (Å²) >= 11 is 5.38. The van der Waals surface area contributed by atoms with Crippen LogP contribution in [0.1, 0.15) is 32.8 Å². The average molecular weight is 402 g/mol. The van der Waals surface area contributed by atoms with Crippen LogP contribution in [0.15, 0.2) is 24.3 Å². The van der Waals surface area contributed by atoms with E-state index in [-0.39, 0.29) is 12.5 Å². The zero-order valence-electron chi connectivity index (χ0n) is 17.4. The summed E-state index contributed by atoms with van der Waals surface area (Å²) in [6.45, 7) is 13.6. The Morgan fingerprint density at radius 1 is 1.21 bits per heavy atom. The van der Waals surface area contributed by atoms with Crippen LogP contribution in [0.25, 0.3) is 11.4 Å². The Labute approximate surface area is 172 Å². The molecule has 7 heteroatoms. The number of benzene rings is 1. The minimum absolute atomic E-state index is 0.0990. The highest BCUT2D eigenvalue weighted by Gasteiger charge is 2.23. The Hall–Kier alpha value is -1.99. The third kappa shape index (κ3) is 5.29. The molecule has 0 unspecified atom stereocenters. The molecule has 152 valence electrons. The summed E-state index contributed by atoms with van der Waals surface area (Å²) in [5, 5.41) is 7.19. The first-order chi connectivity index (χ1) is 13.2. The lowest BCUT2D eigenvalue weighted by molar-refractivity contribution is -0.133. The highest BCUT2D eigenvalue weighted by molar-refractivity contribution is 7.71. The first-order valence-electron chi connectivity index (χ1n) is 9.95. The quantitative estimate of drug-likeness (QED) is 0.779. The summed E-state index contributed by atoms with van der Waals surface area (Å²) in [6.07, 6.45) is 1.17. The van der Waals surface area contributed by atoms with Crippen molar-refractivity contribution in [2.45, 2.75) is 40.7 Å². The van der Waals surface area contributed by atoms with Gasteiger partial charge in [-0.1, -0.05) is 44.5 Å². The third-order valence-electron chi connectivity index (χ3n) is 5.23. The van der Waals surface area contributed by atoms with Crippen molar-refractivity contribution >= 4 is 18.1 Å². The fourth-order valence-electron chi connectivity index (χ4n) is 3.42. The van der Waals surface area contributed by atoms with Crippen molar-refractivity contribution in [3.05, 3.63) is 34.6 Å². The van der Waals surface area contributed by atoms with Crippen LogP contribution in [-0.4, -0.2) is 63.2 Å². The number of nitrogens with zero attached hydrogens (tertiary/aromatic N) is 4. The Bertz CT molecular complexity index is 871. The Balaban J connectivity index is 1.62. The van der Waals surface area contributed by atoms with Crippen molar-refractivity contribution in [3.8, 4) is 11.4 Å². The Kier molecular flexibility index (Phi) is 6.35. The summed E-state index contributed by atoms with van der Waals surface area (Å²) < 4.78 is 2.28. The number of hydrogen-bond acceptors (Lipinski definition) is 4. The fraction of sp³-hybridized carbons (Fsp3) is 0.571. The summed E-state index contributed by atoms with van der Waals surface area (Å²) in [6, 6.07) is 8.08. The van der Waals surface area contributed by atoms with Crippen LogP contribution in [-0.2, 0) is 11.3 Å². The molecule has 1 aliphatic heterocycles. The third-order valence-corrected chi connectivity index (χ3v) is 5.54. The zero-order chi connectivity index (χ0) is 20.3. The van der Waals surface area contributed by atoms with E-state index in [1.807, 2.05) is 30.0 Å². The molecular weight excluding hydrogens is 370 g/mol. The molecule has 1 aromatic carbocycles. The van der Waals surface area contributed by atoms with Crippen LogP contribution in [0.3, 0.4) is 0 Å². The van der Waals surface area contributed by atoms with E-state index in [0.717, 1.165) is 43.9 Å². The van der Waals surface area contributed by atoms with Gasteiger partial charge in [-0.25, -0.2) is 0 Å². The van der Waals surface area contributed by atoms with Crippen molar-refractivity contribution in [3.63, 3.8) is 0 Å². The van der Waals surface area contributed by atoms with E-state index < -0.39 is 0 Å². The molecule has 1 aliphatic rings. The van der Waals surface area contributed by atoms with Crippen LogP contribution in [0.2, 0.25) is 0 Å². The second-order valence-electron chi connectivity index (χ2n) is 8.84. The maximum absolute atomic E-state index is 12.9. The number of carbonyl (C=O) groups is 1. The minimum atomic E-state index is 0.0990. The smallest absolute Gasteiger partial charge is 0.242 e. The lowest BCUT2D eigenvalue weighted by Crippen LogP contribution is -2.50. The topological polar surface area (TPSA) is 57.2 Å². The Morgan fingerprint density at radius 3 is 2.57 bits per heavy atom. The van der Waals surface area contributed by atoms with E-state index in [1.165, 1.54) is 6.42 Å². The molecule has 0 radical (unpaired) electrons. The lowest BCUT2D eigenvalue weighted by Gasteiger charge is -2.36. The number of amides is 1. The number of aromatic amines is 1. The standard InChI is InChI=1S/C21H31N5OS/c1-16-6-5-7-17(14-16)19-22-23-20(28)26(19)15-18(27)25-12-10-24(11-13-25)9-8-21(2,3)4/h5-7,14H,8-13,15H2,1-4H3,(H,23,28). The minimum Gasteiger partial charge on any atom is -0.339 e. The number of H-pyrrole nitrogens is 1. The van der Waals surface area contributed by atoms with Crippen molar-refractivity contribution in [1.82, 2.24) is 24.6 Å². The summed E-state index contributed by atoms with van der Waals surface area (Å²) in [5.74, 6) is 0.813. The highest BCUT2D eigenvalue weighted by Crippen LogP contribution is 2.20. The van der Waals surface area contributed by atoms with E-state index >= 15 is 0 Å². The van der Waals surface area contributed by atoms with Gasteiger partial charge >= 0.3 is 0 Å². The molecule has 1 aromatic heterocycles. The number of rotatable bonds is 5. The van der Waals surface area contributed by atoms with Gasteiger partial charge in [0.25, 0.3) is 0 Å². The molecular formula is C21H31N5OS. The molecule has 28 heavy (non-hydrogen) atoms.